The first kappa shape index (κ1) is 17.4. The number of sulfone groups is 1. The van der Waals surface area contributed by atoms with Gasteiger partial charge < -0.3 is 4.74 Å². The topological polar surface area (TPSA) is 56.3 Å². The number of hydrogen-bond acceptors (Lipinski definition) is 4. The smallest absolute Gasteiger partial charge is 0.151 e. The van der Waals surface area contributed by atoms with Crippen LogP contribution in [0.4, 0.5) is 4.39 Å². The van der Waals surface area contributed by atoms with Crippen LogP contribution >= 0.6 is 0 Å². The molecule has 130 valence electrons. The molecule has 6 heteroatoms. The lowest BCUT2D eigenvalue weighted by Crippen LogP contribution is -2.01. The number of aryl methyl sites for hydroxylation is 1. The monoisotopic (exact) mass is 359 g/mol. The molecule has 3 aromatic rings. The number of pyridine rings is 1. The number of methoxy groups -OCH3 is 1. The Balaban J connectivity index is 2.11. The molecule has 0 N–H and O–H groups in total. The molecule has 1 heterocycles. The number of rotatable bonds is 4. The van der Waals surface area contributed by atoms with Gasteiger partial charge in [-0.25, -0.2) is 17.8 Å². The van der Waals surface area contributed by atoms with Gasteiger partial charge in [-0.3, -0.25) is 0 Å². The Bertz CT molecular complexity index is 1060. The van der Waals surface area contributed by atoms with Gasteiger partial charge in [0.05, 0.1) is 24.1 Å². The van der Waals surface area contributed by atoms with E-state index in [0.29, 0.717) is 17.0 Å². The minimum atomic E-state index is -3.10. The second kappa shape index (κ2) is 6.44. The Morgan fingerprint density at radius 3 is 2.56 bits per heavy atom. The number of halogens is 1. The molecular weight excluding hydrogens is 341 g/mol. The minimum absolute atomic E-state index is 0.00870. The van der Waals surface area contributed by atoms with Gasteiger partial charge in [-0.2, -0.15) is 0 Å². The van der Waals surface area contributed by atoms with E-state index in [1.807, 2.05) is 19.1 Å². The van der Waals surface area contributed by atoms with E-state index in [-0.39, 0.29) is 5.75 Å². The predicted molar refractivity (Wildman–Crippen MR) is 97.0 cm³/mol. The van der Waals surface area contributed by atoms with E-state index >= 15 is 0 Å². The second-order valence-corrected chi connectivity index (χ2v) is 8.27. The molecule has 0 aliphatic carbocycles. The summed E-state index contributed by atoms with van der Waals surface area (Å²) in [7, 11) is -1.61. The maximum absolute atomic E-state index is 13.8. The first-order valence-corrected chi connectivity index (χ1v) is 9.74. The molecule has 0 spiro atoms. The highest BCUT2D eigenvalue weighted by Gasteiger charge is 2.10. The summed E-state index contributed by atoms with van der Waals surface area (Å²) in [4.78, 5) is 4.59. The number of nitrogens with zero attached hydrogens (tertiary/aromatic N) is 1. The van der Waals surface area contributed by atoms with Crippen LogP contribution in [-0.4, -0.2) is 26.8 Å². The molecule has 3 rings (SSSR count). The van der Waals surface area contributed by atoms with Gasteiger partial charge in [-0.15, -0.1) is 0 Å². The quantitative estimate of drug-likeness (QED) is 0.709. The van der Waals surface area contributed by atoms with Gasteiger partial charge in [0, 0.05) is 23.3 Å². The van der Waals surface area contributed by atoms with Crippen molar-refractivity contribution < 1.29 is 17.5 Å². The van der Waals surface area contributed by atoms with Crippen LogP contribution in [0.3, 0.4) is 0 Å². The van der Waals surface area contributed by atoms with E-state index < -0.39 is 15.7 Å². The highest BCUT2D eigenvalue weighted by Crippen LogP contribution is 2.28. The normalized spacial score (nSPS) is 11.7. The van der Waals surface area contributed by atoms with Crippen LogP contribution in [0.1, 0.15) is 11.1 Å². The molecule has 1 aromatic heterocycles. The lowest BCUT2D eigenvalue weighted by Gasteiger charge is -2.10. The summed E-state index contributed by atoms with van der Waals surface area (Å²) in [6, 6.07) is 11.7. The van der Waals surface area contributed by atoms with Gasteiger partial charge >= 0.3 is 0 Å². The van der Waals surface area contributed by atoms with Crippen LogP contribution in [0.5, 0.6) is 5.75 Å². The minimum Gasteiger partial charge on any atom is -0.497 e. The number of aromatic nitrogens is 1. The van der Waals surface area contributed by atoms with Gasteiger partial charge in [-0.1, -0.05) is 6.07 Å². The zero-order valence-corrected chi connectivity index (χ0v) is 15.0. The second-order valence-electron chi connectivity index (χ2n) is 6.13. The van der Waals surface area contributed by atoms with Gasteiger partial charge in [0.15, 0.2) is 9.84 Å². The zero-order chi connectivity index (χ0) is 18.2. The van der Waals surface area contributed by atoms with Crippen molar-refractivity contribution in [3.63, 3.8) is 0 Å². The molecular formula is C19H18FNO3S. The Labute approximate surface area is 146 Å². The first-order valence-electron chi connectivity index (χ1n) is 7.68. The summed E-state index contributed by atoms with van der Waals surface area (Å²) in [5.74, 6) is 0.0288. The number of benzene rings is 2. The Hall–Kier alpha value is -2.47. The van der Waals surface area contributed by atoms with Crippen molar-refractivity contribution in [3.8, 4) is 17.0 Å². The third-order valence-electron chi connectivity index (χ3n) is 3.91. The third-order valence-corrected chi connectivity index (χ3v) is 4.77. The molecule has 0 saturated carbocycles. The largest absolute Gasteiger partial charge is 0.497 e. The SMILES string of the molecule is COc1cc(F)cc(-c2cc(C)c3cc(CS(C)(=O)=O)ccc3n2)c1. The van der Waals surface area contributed by atoms with E-state index in [2.05, 4.69) is 4.98 Å². The molecule has 4 nitrogen and oxygen atoms in total. The molecule has 0 bridgehead atoms. The maximum Gasteiger partial charge on any atom is 0.151 e. The highest BCUT2D eigenvalue weighted by atomic mass is 32.2. The Morgan fingerprint density at radius 2 is 1.88 bits per heavy atom. The van der Waals surface area contributed by atoms with Gasteiger partial charge in [0.25, 0.3) is 0 Å². The summed E-state index contributed by atoms with van der Waals surface area (Å²) in [6.07, 6.45) is 1.21. The molecule has 0 amide bonds. The summed E-state index contributed by atoms with van der Waals surface area (Å²) in [6.45, 7) is 1.92. The summed E-state index contributed by atoms with van der Waals surface area (Å²) >= 11 is 0. The summed E-state index contributed by atoms with van der Waals surface area (Å²) in [5, 5.41) is 0.883. The van der Waals surface area contributed by atoms with Crippen LogP contribution in [0.15, 0.2) is 42.5 Å². The average molecular weight is 359 g/mol. The predicted octanol–water partition coefficient (Wildman–Crippen LogP) is 3.90. The van der Waals surface area contributed by atoms with Crippen LogP contribution in [-0.2, 0) is 15.6 Å². The number of fused-ring (bicyclic) bond motifs is 1. The Kier molecular flexibility index (Phi) is 4.47. The fourth-order valence-corrected chi connectivity index (χ4v) is 3.60. The van der Waals surface area contributed by atoms with Crippen LogP contribution in [0, 0.1) is 12.7 Å². The van der Waals surface area contributed by atoms with Crippen molar-refractivity contribution in [2.75, 3.05) is 13.4 Å². The molecule has 0 aliphatic rings. The van der Waals surface area contributed by atoms with E-state index in [9.17, 15) is 12.8 Å². The van der Waals surface area contributed by atoms with E-state index in [1.165, 1.54) is 25.5 Å². The number of ether oxygens (including phenoxy) is 1. The van der Waals surface area contributed by atoms with Crippen LogP contribution < -0.4 is 4.74 Å². The van der Waals surface area contributed by atoms with Crippen molar-refractivity contribution in [2.24, 2.45) is 0 Å². The van der Waals surface area contributed by atoms with Crippen LogP contribution in [0.2, 0.25) is 0 Å². The third kappa shape index (κ3) is 3.96. The van der Waals surface area contributed by atoms with E-state index in [1.54, 1.807) is 18.2 Å². The van der Waals surface area contributed by atoms with Gasteiger partial charge in [-0.05, 0) is 48.4 Å². The Morgan fingerprint density at radius 1 is 1.12 bits per heavy atom. The highest BCUT2D eigenvalue weighted by molar-refractivity contribution is 7.89. The molecule has 2 aromatic carbocycles. The van der Waals surface area contributed by atoms with Gasteiger partial charge in [0.1, 0.15) is 11.6 Å². The van der Waals surface area contributed by atoms with Gasteiger partial charge in [0.2, 0.25) is 0 Å². The lowest BCUT2D eigenvalue weighted by molar-refractivity contribution is 0.411. The molecule has 0 atom stereocenters. The van der Waals surface area contributed by atoms with Crippen molar-refractivity contribution >= 4 is 20.7 Å². The fraction of sp³-hybridized carbons (Fsp3) is 0.211. The molecule has 0 aliphatic heterocycles. The lowest BCUT2D eigenvalue weighted by atomic mass is 10.0. The summed E-state index contributed by atoms with van der Waals surface area (Å²) in [5.41, 5.74) is 3.66. The molecule has 0 saturated heterocycles. The first-order chi connectivity index (χ1) is 11.7. The number of hydrogen-bond donors (Lipinski definition) is 0. The summed E-state index contributed by atoms with van der Waals surface area (Å²) < 4.78 is 41.9. The van der Waals surface area contributed by atoms with Crippen LogP contribution in [0.25, 0.3) is 22.2 Å². The fourth-order valence-electron chi connectivity index (χ4n) is 2.81. The van der Waals surface area contributed by atoms with E-state index in [4.69, 9.17) is 4.74 Å². The van der Waals surface area contributed by atoms with E-state index in [0.717, 1.165) is 22.0 Å². The van der Waals surface area contributed by atoms with Crippen molar-refractivity contribution in [2.45, 2.75) is 12.7 Å². The van der Waals surface area contributed by atoms with Crippen molar-refractivity contribution in [1.29, 1.82) is 0 Å². The maximum atomic E-state index is 13.8. The molecule has 0 unspecified atom stereocenters. The molecule has 25 heavy (non-hydrogen) atoms. The molecule has 0 fully saturated rings. The molecule has 0 radical (unpaired) electrons. The standard InChI is InChI=1S/C19H18FNO3S/c1-12-6-19(14-8-15(20)10-16(9-14)24-2)21-18-5-4-13(7-17(12)18)11-25(3,22)23/h4-10H,11H2,1-3H3. The average Bonchev–Trinajstić information content (AvgIpc) is 2.53. The van der Waals surface area contributed by atoms with Crippen molar-refractivity contribution in [3.05, 3.63) is 59.4 Å². The zero-order valence-electron chi connectivity index (χ0n) is 14.2. The van der Waals surface area contributed by atoms with Crippen molar-refractivity contribution in [1.82, 2.24) is 4.98 Å².